The third-order valence-corrected chi connectivity index (χ3v) is 3.90. The molecule has 1 N–H and O–H groups in total. The number of nitrogens with one attached hydrogen (secondary N) is 1. The largest absolute Gasteiger partial charge is 0.496 e. The maximum Gasteiger partial charge on any atom is 0.257 e. The van der Waals surface area contributed by atoms with Gasteiger partial charge in [0.15, 0.2) is 0 Å². The van der Waals surface area contributed by atoms with Crippen LogP contribution in [0.2, 0.25) is 5.02 Å². The predicted molar refractivity (Wildman–Crippen MR) is 80.6 cm³/mol. The minimum atomic E-state index is -0.0464. The monoisotopic (exact) mass is 296 g/mol. The lowest BCUT2D eigenvalue weighted by molar-refractivity contribution is 0.0761. The van der Waals surface area contributed by atoms with Crippen LogP contribution in [0.3, 0.4) is 0 Å². The van der Waals surface area contributed by atoms with Gasteiger partial charge in [0.1, 0.15) is 5.75 Å². The molecule has 5 heteroatoms. The van der Waals surface area contributed by atoms with Crippen molar-refractivity contribution in [2.24, 2.45) is 5.92 Å². The number of nitrogens with zero attached hydrogens (tertiary/aromatic N) is 1. The second kappa shape index (κ2) is 6.95. The van der Waals surface area contributed by atoms with Crippen LogP contribution in [-0.2, 0) is 0 Å². The fourth-order valence-electron chi connectivity index (χ4n) is 2.60. The number of ether oxygens (including phenoxy) is 1. The van der Waals surface area contributed by atoms with Gasteiger partial charge in [-0.1, -0.05) is 11.6 Å². The standard InChI is InChI=1S/C15H21ClN2O2/c1-18(10-11-4-3-7-17-9-11)15(19)13-8-12(16)5-6-14(13)20-2/h5-6,8,11,17H,3-4,7,9-10H2,1-2H3. The van der Waals surface area contributed by atoms with E-state index in [0.29, 0.717) is 22.3 Å². The molecule has 20 heavy (non-hydrogen) atoms. The topological polar surface area (TPSA) is 41.6 Å². The van der Waals surface area contributed by atoms with E-state index >= 15 is 0 Å². The van der Waals surface area contributed by atoms with Gasteiger partial charge in [-0.15, -0.1) is 0 Å². The van der Waals surface area contributed by atoms with Gasteiger partial charge in [0, 0.05) is 18.6 Å². The van der Waals surface area contributed by atoms with Crippen LogP contribution >= 0.6 is 11.6 Å². The van der Waals surface area contributed by atoms with Gasteiger partial charge in [0.25, 0.3) is 5.91 Å². The van der Waals surface area contributed by atoms with Gasteiger partial charge >= 0.3 is 0 Å². The number of halogens is 1. The summed E-state index contributed by atoms with van der Waals surface area (Å²) >= 11 is 5.98. The molecule has 0 aliphatic carbocycles. The van der Waals surface area contributed by atoms with Gasteiger partial charge in [-0.25, -0.2) is 0 Å². The predicted octanol–water partition coefficient (Wildman–Crippen LogP) is 2.42. The average Bonchev–Trinajstić information content (AvgIpc) is 2.47. The third-order valence-electron chi connectivity index (χ3n) is 3.67. The molecule has 1 aliphatic rings. The van der Waals surface area contributed by atoms with E-state index in [1.165, 1.54) is 6.42 Å². The smallest absolute Gasteiger partial charge is 0.257 e. The molecule has 1 aromatic rings. The molecule has 0 saturated carbocycles. The number of carbonyl (C=O) groups is 1. The molecule has 1 atom stereocenters. The quantitative estimate of drug-likeness (QED) is 0.928. The van der Waals surface area contributed by atoms with E-state index in [1.807, 2.05) is 7.05 Å². The average molecular weight is 297 g/mol. The van der Waals surface area contributed by atoms with Crippen molar-refractivity contribution in [3.05, 3.63) is 28.8 Å². The van der Waals surface area contributed by atoms with Crippen molar-refractivity contribution in [1.29, 1.82) is 0 Å². The Bertz CT molecular complexity index is 473. The van der Waals surface area contributed by atoms with Gasteiger partial charge in [-0.2, -0.15) is 0 Å². The number of hydrogen-bond donors (Lipinski definition) is 1. The van der Waals surface area contributed by atoms with Crippen molar-refractivity contribution in [2.75, 3.05) is 33.8 Å². The first-order valence-corrected chi connectivity index (χ1v) is 7.29. The first-order chi connectivity index (χ1) is 9.61. The number of benzene rings is 1. The molecule has 1 unspecified atom stereocenters. The van der Waals surface area contributed by atoms with Crippen LogP contribution in [0.5, 0.6) is 5.75 Å². The van der Waals surface area contributed by atoms with Crippen molar-refractivity contribution >= 4 is 17.5 Å². The summed E-state index contributed by atoms with van der Waals surface area (Å²) < 4.78 is 5.24. The Morgan fingerprint density at radius 1 is 1.55 bits per heavy atom. The highest BCUT2D eigenvalue weighted by molar-refractivity contribution is 6.31. The summed E-state index contributed by atoms with van der Waals surface area (Å²) in [7, 11) is 3.39. The number of hydrogen-bond acceptors (Lipinski definition) is 3. The second-order valence-electron chi connectivity index (χ2n) is 5.24. The van der Waals surface area contributed by atoms with Crippen molar-refractivity contribution in [1.82, 2.24) is 10.2 Å². The molecule has 1 heterocycles. The van der Waals surface area contributed by atoms with E-state index in [0.717, 1.165) is 26.1 Å². The Labute approximate surface area is 125 Å². The first-order valence-electron chi connectivity index (χ1n) is 6.91. The summed E-state index contributed by atoms with van der Waals surface area (Å²) in [6, 6.07) is 5.12. The Balaban J connectivity index is 2.07. The van der Waals surface area contributed by atoms with Crippen LogP contribution in [0.4, 0.5) is 0 Å². The van der Waals surface area contributed by atoms with Crippen LogP contribution < -0.4 is 10.1 Å². The summed E-state index contributed by atoms with van der Waals surface area (Å²) in [5, 5.41) is 3.91. The van der Waals surface area contributed by atoms with Crippen molar-refractivity contribution in [2.45, 2.75) is 12.8 Å². The molecule has 1 fully saturated rings. The molecule has 1 amide bonds. The van der Waals surface area contributed by atoms with E-state index in [1.54, 1.807) is 30.2 Å². The fourth-order valence-corrected chi connectivity index (χ4v) is 2.78. The highest BCUT2D eigenvalue weighted by Crippen LogP contribution is 2.24. The van der Waals surface area contributed by atoms with Crippen LogP contribution in [0, 0.1) is 5.92 Å². The molecule has 0 bridgehead atoms. The Kier molecular flexibility index (Phi) is 5.26. The van der Waals surface area contributed by atoms with E-state index in [9.17, 15) is 4.79 Å². The molecule has 0 aromatic heterocycles. The van der Waals surface area contributed by atoms with E-state index in [4.69, 9.17) is 16.3 Å². The first kappa shape index (κ1) is 15.1. The van der Waals surface area contributed by atoms with Gasteiger partial charge in [0.05, 0.1) is 12.7 Å². The SMILES string of the molecule is COc1ccc(Cl)cc1C(=O)N(C)CC1CCCNC1. The molecule has 2 rings (SSSR count). The number of piperidine rings is 1. The van der Waals surface area contributed by atoms with Crippen molar-refractivity contribution in [3.8, 4) is 5.75 Å². The molecular weight excluding hydrogens is 276 g/mol. The van der Waals surface area contributed by atoms with Crippen LogP contribution in [0.1, 0.15) is 23.2 Å². The van der Waals surface area contributed by atoms with Gasteiger partial charge < -0.3 is 15.0 Å². The van der Waals surface area contributed by atoms with Crippen molar-refractivity contribution < 1.29 is 9.53 Å². The zero-order valence-electron chi connectivity index (χ0n) is 12.0. The molecule has 4 nitrogen and oxygen atoms in total. The maximum absolute atomic E-state index is 12.5. The zero-order chi connectivity index (χ0) is 14.5. The van der Waals surface area contributed by atoms with Crippen molar-refractivity contribution in [3.63, 3.8) is 0 Å². The summed E-state index contributed by atoms with van der Waals surface area (Å²) in [6.07, 6.45) is 2.34. The minimum Gasteiger partial charge on any atom is -0.496 e. The Morgan fingerprint density at radius 2 is 2.35 bits per heavy atom. The Morgan fingerprint density at radius 3 is 3.00 bits per heavy atom. The highest BCUT2D eigenvalue weighted by atomic mass is 35.5. The molecule has 1 aromatic carbocycles. The van der Waals surface area contributed by atoms with Crippen LogP contribution in [0.15, 0.2) is 18.2 Å². The molecule has 0 spiro atoms. The van der Waals surface area contributed by atoms with Crippen LogP contribution in [-0.4, -0.2) is 44.6 Å². The lowest BCUT2D eigenvalue weighted by Gasteiger charge is -2.28. The number of methoxy groups -OCH3 is 1. The zero-order valence-corrected chi connectivity index (χ0v) is 12.7. The van der Waals surface area contributed by atoms with Crippen LogP contribution in [0.25, 0.3) is 0 Å². The summed E-state index contributed by atoms with van der Waals surface area (Å²) in [4.78, 5) is 14.3. The normalized spacial score (nSPS) is 18.6. The lowest BCUT2D eigenvalue weighted by Crippen LogP contribution is -2.39. The second-order valence-corrected chi connectivity index (χ2v) is 5.68. The maximum atomic E-state index is 12.5. The third kappa shape index (κ3) is 3.64. The highest BCUT2D eigenvalue weighted by Gasteiger charge is 2.21. The molecular formula is C15H21ClN2O2. The summed E-state index contributed by atoms with van der Waals surface area (Å²) in [5.74, 6) is 1.03. The molecule has 1 aliphatic heterocycles. The fraction of sp³-hybridized carbons (Fsp3) is 0.533. The molecule has 1 saturated heterocycles. The minimum absolute atomic E-state index is 0.0464. The van der Waals surface area contributed by atoms with E-state index < -0.39 is 0 Å². The Hall–Kier alpha value is -1.26. The molecule has 110 valence electrons. The number of amides is 1. The van der Waals surface area contributed by atoms with E-state index in [2.05, 4.69) is 5.32 Å². The number of rotatable bonds is 4. The number of carbonyl (C=O) groups excluding carboxylic acids is 1. The van der Waals surface area contributed by atoms with Gasteiger partial charge in [0.2, 0.25) is 0 Å². The van der Waals surface area contributed by atoms with Gasteiger partial charge in [-0.3, -0.25) is 4.79 Å². The lowest BCUT2D eigenvalue weighted by atomic mass is 9.99. The van der Waals surface area contributed by atoms with Gasteiger partial charge in [-0.05, 0) is 50.0 Å². The summed E-state index contributed by atoms with van der Waals surface area (Å²) in [6.45, 7) is 2.81. The van der Waals surface area contributed by atoms with E-state index in [-0.39, 0.29) is 5.91 Å². The molecule has 0 radical (unpaired) electrons. The summed E-state index contributed by atoms with van der Waals surface area (Å²) in [5.41, 5.74) is 0.520.